The number of phosphoric ester groups is 1. The summed E-state index contributed by atoms with van der Waals surface area (Å²) in [5.41, 5.74) is -0.872. The number of hydrogen-bond acceptors (Lipinski definition) is 8. The number of H-pyrrole nitrogens is 1. The summed E-state index contributed by atoms with van der Waals surface area (Å²) in [4.78, 5) is 43.5. The predicted octanol–water partition coefficient (Wildman–Crippen LogP) is 0.0532. The van der Waals surface area contributed by atoms with Crippen molar-refractivity contribution in [3.05, 3.63) is 32.6 Å². The van der Waals surface area contributed by atoms with Gasteiger partial charge in [-0.25, -0.2) is 13.7 Å². The summed E-state index contributed by atoms with van der Waals surface area (Å²) in [6, 6.07) is 0. The van der Waals surface area contributed by atoms with Crippen molar-refractivity contribution < 1.29 is 37.2 Å². The molecule has 0 bridgehead atoms. The molecule has 1 aliphatic rings. The molecule has 1 aliphatic heterocycles. The SMILES string of the molecule is CCOC1C[C@H](n2cc(C)c(=O)[nH]c2=O)O[C@@H]1COP(=O)(O)O[PH](=O)O. The Kier molecular flexibility index (Phi) is 7.12. The Morgan fingerprint density at radius 3 is 2.81 bits per heavy atom. The molecular weight excluding hydrogens is 394 g/mol. The summed E-state index contributed by atoms with van der Waals surface area (Å²) in [6.07, 6.45) is -0.644. The first-order chi connectivity index (χ1) is 12.1. The lowest BCUT2D eigenvalue weighted by atomic mass is 10.2. The molecule has 3 N–H and O–H groups in total. The van der Waals surface area contributed by atoms with Crippen LogP contribution < -0.4 is 11.2 Å². The molecule has 148 valence electrons. The second-order valence-electron chi connectivity index (χ2n) is 5.46. The molecule has 1 fully saturated rings. The third kappa shape index (κ3) is 5.45. The second kappa shape index (κ2) is 8.73. The lowest BCUT2D eigenvalue weighted by Gasteiger charge is -2.19. The molecule has 14 heteroatoms. The molecule has 1 aromatic heterocycles. The summed E-state index contributed by atoms with van der Waals surface area (Å²) < 4.78 is 43.0. The van der Waals surface area contributed by atoms with Crippen molar-refractivity contribution in [1.29, 1.82) is 0 Å². The number of aromatic amines is 1. The van der Waals surface area contributed by atoms with E-state index in [0.29, 0.717) is 12.2 Å². The van der Waals surface area contributed by atoms with Crippen molar-refractivity contribution in [3.8, 4) is 0 Å². The minimum atomic E-state index is -4.73. The van der Waals surface area contributed by atoms with E-state index in [2.05, 4.69) is 13.8 Å². The summed E-state index contributed by atoms with van der Waals surface area (Å²) in [5, 5.41) is 0. The van der Waals surface area contributed by atoms with Crippen LogP contribution in [0.5, 0.6) is 0 Å². The van der Waals surface area contributed by atoms with E-state index in [4.69, 9.17) is 14.4 Å². The van der Waals surface area contributed by atoms with E-state index in [1.165, 1.54) is 17.7 Å². The molecule has 3 unspecified atom stereocenters. The Morgan fingerprint density at radius 2 is 2.19 bits per heavy atom. The number of hydrogen-bond donors (Lipinski definition) is 3. The van der Waals surface area contributed by atoms with Gasteiger partial charge in [-0.1, -0.05) is 0 Å². The first-order valence-electron chi connectivity index (χ1n) is 7.62. The molecule has 2 rings (SSSR count). The molecule has 26 heavy (non-hydrogen) atoms. The van der Waals surface area contributed by atoms with Crippen LogP contribution in [0.3, 0.4) is 0 Å². The molecule has 0 aliphatic carbocycles. The van der Waals surface area contributed by atoms with Gasteiger partial charge in [0.1, 0.15) is 12.3 Å². The van der Waals surface area contributed by atoms with E-state index in [1.807, 2.05) is 0 Å². The standard InChI is InChI=1S/C12H20N2O10P2/c1-3-21-8-4-10(14-5-7(2)11(15)13-12(14)16)23-9(8)6-22-26(19,20)24-25(17)18/h5,8-10,25H,3-4,6H2,1-2H3,(H,17,18)(H,19,20)(H,13,15,16)/t8?,9-,10-/m1/s1. The first kappa shape index (κ1) is 21.2. The van der Waals surface area contributed by atoms with Crippen molar-refractivity contribution in [1.82, 2.24) is 9.55 Å². The fourth-order valence-electron chi connectivity index (χ4n) is 2.50. The number of rotatable bonds is 8. The normalized spacial score (nSPS) is 26.5. The van der Waals surface area contributed by atoms with Crippen LogP contribution in [0.15, 0.2) is 15.8 Å². The summed E-state index contributed by atoms with van der Waals surface area (Å²) >= 11 is 0. The number of phosphoric acid groups is 1. The quantitative estimate of drug-likeness (QED) is 0.495. The van der Waals surface area contributed by atoms with Crippen molar-refractivity contribution in [2.45, 2.75) is 38.7 Å². The third-order valence-corrected chi connectivity index (χ3v) is 5.64. The van der Waals surface area contributed by atoms with Gasteiger partial charge in [0.25, 0.3) is 5.56 Å². The van der Waals surface area contributed by atoms with Gasteiger partial charge in [0.05, 0.1) is 12.7 Å². The second-order valence-corrected chi connectivity index (χ2v) is 7.92. The Morgan fingerprint density at radius 1 is 1.50 bits per heavy atom. The van der Waals surface area contributed by atoms with E-state index in [9.17, 15) is 23.6 Å². The average Bonchev–Trinajstić information content (AvgIpc) is 2.91. The maximum atomic E-state index is 12.0. The molecule has 0 amide bonds. The van der Waals surface area contributed by atoms with Gasteiger partial charge in [-0.3, -0.25) is 23.4 Å². The first-order valence-corrected chi connectivity index (χ1v) is 10.4. The van der Waals surface area contributed by atoms with Crippen molar-refractivity contribution >= 4 is 16.1 Å². The summed E-state index contributed by atoms with van der Waals surface area (Å²) in [5.74, 6) is 0. The zero-order valence-electron chi connectivity index (χ0n) is 14.0. The molecule has 0 spiro atoms. The van der Waals surface area contributed by atoms with Crippen LogP contribution in [-0.4, -0.2) is 44.8 Å². The molecule has 0 aromatic carbocycles. The minimum Gasteiger partial charge on any atom is -0.376 e. The van der Waals surface area contributed by atoms with E-state index in [-0.39, 0.29) is 6.42 Å². The van der Waals surface area contributed by atoms with Crippen molar-refractivity contribution in [2.75, 3.05) is 13.2 Å². The Labute approximate surface area is 148 Å². The maximum Gasteiger partial charge on any atom is 0.479 e. The van der Waals surface area contributed by atoms with Crippen molar-refractivity contribution in [3.63, 3.8) is 0 Å². The van der Waals surface area contributed by atoms with Gasteiger partial charge in [-0.05, 0) is 13.8 Å². The van der Waals surface area contributed by atoms with Crippen LogP contribution in [0.1, 0.15) is 25.1 Å². The van der Waals surface area contributed by atoms with Crippen LogP contribution in [0.25, 0.3) is 0 Å². The number of aromatic nitrogens is 2. The van der Waals surface area contributed by atoms with Crippen molar-refractivity contribution in [2.24, 2.45) is 0 Å². The van der Waals surface area contributed by atoms with E-state index < -0.39 is 52.4 Å². The Balaban J connectivity index is 2.14. The van der Waals surface area contributed by atoms with Crippen LogP contribution in [0, 0.1) is 6.92 Å². The molecule has 1 saturated heterocycles. The van der Waals surface area contributed by atoms with Gasteiger partial charge in [0.15, 0.2) is 0 Å². The molecule has 0 radical (unpaired) electrons. The van der Waals surface area contributed by atoms with Gasteiger partial charge < -0.3 is 19.3 Å². The van der Waals surface area contributed by atoms with E-state index in [0.717, 1.165) is 0 Å². The number of nitrogens with one attached hydrogen (secondary N) is 1. The monoisotopic (exact) mass is 414 g/mol. The maximum absolute atomic E-state index is 12.0. The van der Waals surface area contributed by atoms with Crippen LogP contribution in [0.4, 0.5) is 0 Å². The highest BCUT2D eigenvalue weighted by Gasteiger charge is 2.39. The van der Waals surface area contributed by atoms with Crippen LogP contribution >= 0.6 is 16.1 Å². The molecule has 5 atom stereocenters. The zero-order chi connectivity index (χ0) is 19.5. The van der Waals surface area contributed by atoms with Gasteiger partial charge >= 0.3 is 21.8 Å². The predicted molar refractivity (Wildman–Crippen MR) is 88.1 cm³/mol. The van der Waals surface area contributed by atoms with Gasteiger partial charge in [0, 0.05) is 24.8 Å². The van der Waals surface area contributed by atoms with E-state index >= 15 is 0 Å². The highest BCUT2D eigenvalue weighted by Crippen LogP contribution is 2.51. The Hall–Kier alpha value is -1.10. The molecule has 0 saturated carbocycles. The zero-order valence-corrected chi connectivity index (χ0v) is 15.9. The minimum absolute atomic E-state index is 0.223. The highest BCUT2D eigenvalue weighted by atomic mass is 31.2. The van der Waals surface area contributed by atoms with Gasteiger partial charge in [0.2, 0.25) is 0 Å². The third-order valence-electron chi connectivity index (χ3n) is 3.61. The van der Waals surface area contributed by atoms with Crippen LogP contribution in [0.2, 0.25) is 0 Å². The van der Waals surface area contributed by atoms with Gasteiger partial charge in [-0.2, -0.15) is 0 Å². The summed E-state index contributed by atoms with van der Waals surface area (Å²) in [6.45, 7) is 3.11. The number of nitrogens with zero attached hydrogens (tertiary/aromatic N) is 1. The van der Waals surface area contributed by atoms with E-state index in [1.54, 1.807) is 6.92 Å². The highest BCUT2D eigenvalue weighted by molar-refractivity contribution is 7.55. The molecule has 12 nitrogen and oxygen atoms in total. The van der Waals surface area contributed by atoms with Crippen LogP contribution in [-0.2, 0) is 27.4 Å². The largest absolute Gasteiger partial charge is 0.479 e. The Bertz CT molecular complexity index is 821. The number of ether oxygens (including phenoxy) is 2. The lowest BCUT2D eigenvalue weighted by Crippen LogP contribution is -2.33. The summed E-state index contributed by atoms with van der Waals surface area (Å²) in [7, 11) is -8.40. The fraction of sp³-hybridized carbons (Fsp3) is 0.667. The molecule has 2 heterocycles. The molecule has 1 aromatic rings. The smallest absolute Gasteiger partial charge is 0.376 e. The topological polar surface area (TPSA) is 166 Å². The fourth-order valence-corrected chi connectivity index (χ4v) is 3.84. The average molecular weight is 414 g/mol. The number of aryl methyl sites for hydroxylation is 1. The molecular formula is C12H20N2O10P2. The lowest BCUT2D eigenvalue weighted by molar-refractivity contribution is -0.0590. The van der Waals surface area contributed by atoms with Gasteiger partial charge in [-0.15, -0.1) is 0 Å².